The molecule has 0 atom stereocenters. The number of nitrogen functional groups attached to an aromatic ring is 1. The first kappa shape index (κ1) is 13.9. The molecule has 3 rings (SSSR count). The Balaban J connectivity index is 1.91. The Labute approximate surface area is 123 Å². The zero-order valence-corrected chi connectivity index (χ0v) is 12.0. The highest BCUT2D eigenvalue weighted by Crippen LogP contribution is 2.29. The van der Waals surface area contributed by atoms with Gasteiger partial charge in [-0.15, -0.1) is 0 Å². The molecule has 1 saturated carbocycles. The predicted octanol–water partition coefficient (Wildman–Crippen LogP) is 2.13. The number of benzene rings is 1. The number of amides is 1. The van der Waals surface area contributed by atoms with Crippen LogP contribution in [0.25, 0.3) is 10.9 Å². The first-order valence-corrected chi connectivity index (χ1v) is 7.49. The zero-order chi connectivity index (χ0) is 14.8. The van der Waals surface area contributed by atoms with E-state index in [4.69, 9.17) is 10.8 Å². The van der Waals surface area contributed by atoms with Crippen LogP contribution in [0.4, 0.5) is 5.69 Å². The van der Waals surface area contributed by atoms with Gasteiger partial charge < -0.3 is 20.7 Å². The summed E-state index contributed by atoms with van der Waals surface area (Å²) in [5.41, 5.74) is 8.08. The Hall–Kier alpha value is -2.01. The van der Waals surface area contributed by atoms with Crippen LogP contribution in [0.1, 0.15) is 36.0 Å². The third kappa shape index (κ3) is 2.61. The zero-order valence-electron chi connectivity index (χ0n) is 12.0. The Morgan fingerprint density at radius 2 is 2.24 bits per heavy atom. The molecule has 1 fully saturated rings. The highest BCUT2D eigenvalue weighted by Gasteiger charge is 2.30. The minimum atomic E-state index is 0.0324. The molecule has 4 N–H and O–H groups in total. The number of nitrogens with one attached hydrogen (secondary N) is 1. The monoisotopic (exact) mass is 287 g/mol. The van der Waals surface area contributed by atoms with Crippen molar-refractivity contribution in [3.8, 4) is 0 Å². The number of rotatable bonds is 5. The number of nitrogens with zero attached hydrogens (tertiary/aromatic N) is 1. The molecule has 1 heterocycles. The third-order valence-corrected chi connectivity index (χ3v) is 4.27. The second-order valence-electron chi connectivity index (χ2n) is 5.67. The number of hydrogen-bond donors (Lipinski definition) is 3. The maximum Gasteiger partial charge on any atom is 0.256 e. The Morgan fingerprint density at radius 1 is 1.43 bits per heavy atom. The van der Waals surface area contributed by atoms with E-state index in [1.165, 1.54) is 6.42 Å². The first-order valence-electron chi connectivity index (χ1n) is 7.49. The van der Waals surface area contributed by atoms with Crippen molar-refractivity contribution in [2.24, 2.45) is 0 Å². The number of nitrogens with two attached hydrogens (primary N) is 1. The summed E-state index contributed by atoms with van der Waals surface area (Å²) in [5.74, 6) is 0.0324. The number of fused-ring (bicyclic) bond motifs is 1. The van der Waals surface area contributed by atoms with Crippen LogP contribution in [0.3, 0.4) is 0 Å². The second kappa shape index (κ2) is 5.77. The average molecular weight is 287 g/mol. The van der Waals surface area contributed by atoms with Gasteiger partial charge in [-0.2, -0.15) is 0 Å². The number of aromatic amines is 1. The summed E-state index contributed by atoms with van der Waals surface area (Å²) in [6, 6.07) is 5.87. The summed E-state index contributed by atoms with van der Waals surface area (Å²) in [4.78, 5) is 17.9. The van der Waals surface area contributed by atoms with Crippen molar-refractivity contribution >= 4 is 22.5 Å². The Morgan fingerprint density at radius 3 is 2.90 bits per heavy atom. The third-order valence-electron chi connectivity index (χ3n) is 4.27. The fraction of sp³-hybridized carbons (Fsp3) is 0.438. The van der Waals surface area contributed by atoms with E-state index in [2.05, 4.69) is 4.98 Å². The lowest BCUT2D eigenvalue weighted by molar-refractivity contribution is 0.0564. The molecule has 1 aromatic carbocycles. The number of H-pyrrole nitrogens is 1. The lowest BCUT2D eigenvalue weighted by Gasteiger charge is -2.37. The van der Waals surface area contributed by atoms with E-state index >= 15 is 0 Å². The number of aromatic nitrogens is 1. The van der Waals surface area contributed by atoms with E-state index in [0.717, 1.165) is 23.7 Å². The van der Waals surface area contributed by atoms with E-state index in [1.807, 2.05) is 23.1 Å². The van der Waals surface area contributed by atoms with Crippen LogP contribution in [-0.2, 0) is 0 Å². The topological polar surface area (TPSA) is 82.4 Å². The van der Waals surface area contributed by atoms with Gasteiger partial charge in [0.05, 0.1) is 5.56 Å². The maximum atomic E-state index is 12.9. The van der Waals surface area contributed by atoms with Crippen molar-refractivity contribution in [3.05, 3.63) is 30.0 Å². The van der Waals surface area contributed by atoms with Crippen LogP contribution in [-0.4, -0.2) is 40.1 Å². The van der Waals surface area contributed by atoms with Gasteiger partial charge in [-0.1, -0.05) is 0 Å². The summed E-state index contributed by atoms with van der Waals surface area (Å²) >= 11 is 0. The number of carbonyl (C=O) groups is 1. The average Bonchev–Trinajstić information content (AvgIpc) is 2.83. The van der Waals surface area contributed by atoms with Crippen molar-refractivity contribution < 1.29 is 9.90 Å². The molecule has 112 valence electrons. The van der Waals surface area contributed by atoms with Gasteiger partial charge in [-0.25, -0.2) is 0 Å². The number of aliphatic hydroxyl groups is 1. The van der Waals surface area contributed by atoms with Gasteiger partial charge in [0.2, 0.25) is 0 Å². The van der Waals surface area contributed by atoms with E-state index in [1.54, 1.807) is 6.20 Å². The van der Waals surface area contributed by atoms with Crippen LogP contribution in [0.2, 0.25) is 0 Å². The number of aliphatic hydroxyl groups excluding tert-OH is 1. The highest BCUT2D eigenvalue weighted by atomic mass is 16.3. The fourth-order valence-corrected chi connectivity index (χ4v) is 2.86. The fourth-order valence-electron chi connectivity index (χ4n) is 2.86. The molecule has 5 heteroatoms. The summed E-state index contributed by atoms with van der Waals surface area (Å²) in [5, 5.41) is 9.92. The summed E-state index contributed by atoms with van der Waals surface area (Å²) < 4.78 is 0. The lowest BCUT2D eigenvalue weighted by Crippen LogP contribution is -2.44. The molecule has 0 spiro atoms. The van der Waals surface area contributed by atoms with Crippen LogP contribution in [0.15, 0.2) is 24.4 Å². The van der Waals surface area contributed by atoms with Gasteiger partial charge in [0.1, 0.15) is 0 Å². The maximum absolute atomic E-state index is 12.9. The molecular formula is C16H21N3O2. The van der Waals surface area contributed by atoms with Crippen molar-refractivity contribution in [1.82, 2.24) is 9.88 Å². The van der Waals surface area contributed by atoms with Gasteiger partial charge in [0, 0.05) is 42.0 Å². The minimum absolute atomic E-state index is 0.0324. The predicted molar refractivity (Wildman–Crippen MR) is 83.1 cm³/mol. The molecule has 1 amide bonds. The SMILES string of the molecule is Nc1ccc2[nH]cc(C(=O)N(CCCO)C3CCC3)c2c1. The summed E-state index contributed by atoms with van der Waals surface area (Å²) in [6.07, 6.45) is 5.67. The van der Waals surface area contributed by atoms with Crippen LogP contribution < -0.4 is 5.73 Å². The minimum Gasteiger partial charge on any atom is -0.399 e. The van der Waals surface area contributed by atoms with Gasteiger partial charge in [0.25, 0.3) is 5.91 Å². The molecule has 0 aliphatic heterocycles. The standard InChI is InChI=1S/C16H21N3O2/c17-11-5-6-15-13(9-11)14(10-18-15)16(21)19(7-2-8-20)12-3-1-4-12/h5-6,9-10,12,18,20H,1-4,7-8,17H2. The van der Waals surface area contributed by atoms with Crippen molar-refractivity contribution in [3.63, 3.8) is 0 Å². The number of hydrogen-bond acceptors (Lipinski definition) is 3. The van der Waals surface area contributed by atoms with Gasteiger partial charge in [-0.3, -0.25) is 4.79 Å². The molecule has 0 unspecified atom stereocenters. The molecular weight excluding hydrogens is 266 g/mol. The molecule has 5 nitrogen and oxygen atoms in total. The lowest BCUT2D eigenvalue weighted by atomic mass is 9.90. The van der Waals surface area contributed by atoms with E-state index in [-0.39, 0.29) is 12.5 Å². The molecule has 1 aromatic heterocycles. The molecule has 0 radical (unpaired) electrons. The molecule has 21 heavy (non-hydrogen) atoms. The molecule has 1 aliphatic rings. The molecule has 1 aliphatic carbocycles. The second-order valence-corrected chi connectivity index (χ2v) is 5.67. The van der Waals surface area contributed by atoms with Crippen molar-refractivity contribution in [1.29, 1.82) is 0 Å². The summed E-state index contributed by atoms with van der Waals surface area (Å²) in [6.45, 7) is 0.715. The smallest absolute Gasteiger partial charge is 0.256 e. The van der Waals surface area contributed by atoms with Crippen LogP contribution in [0.5, 0.6) is 0 Å². The highest BCUT2D eigenvalue weighted by molar-refractivity contribution is 6.07. The van der Waals surface area contributed by atoms with Crippen LogP contribution >= 0.6 is 0 Å². The van der Waals surface area contributed by atoms with Crippen molar-refractivity contribution in [2.45, 2.75) is 31.7 Å². The summed E-state index contributed by atoms with van der Waals surface area (Å²) in [7, 11) is 0. The Kier molecular flexibility index (Phi) is 3.84. The normalized spacial score (nSPS) is 15.1. The first-order chi connectivity index (χ1) is 10.2. The Bertz CT molecular complexity index is 646. The largest absolute Gasteiger partial charge is 0.399 e. The van der Waals surface area contributed by atoms with Crippen LogP contribution in [0, 0.1) is 0 Å². The van der Waals surface area contributed by atoms with Crippen molar-refractivity contribution in [2.75, 3.05) is 18.9 Å². The molecule has 0 saturated heterocycles. The number of carbonyl (C=O) groups excluding carboxylic acids is 1. The number of anilines is 1. The van der Waals surface area contributed by atoms with E-state index in [0.29, 0.717) is 30.3 Å². The molecule has 2 aromatic rings. The van der Waals surface area contributed by atoms with Gasteiger partial charge >= 0.3 is 0 Å². The molecule has 0 bridgehead atoms. The van der Waals surface area contributed by atoms with E-state index < -0.39 is 0 Å². The quantitative estimate of drug-likeness (QED) is 0.737. The van der Waals surface area contributed by atoms with Gasteiger partial charge in [-0.05, 0) is 43.9 Å². The van der Waals surface area contributed by atoms with Gasteiger partial charge in [0.15, 0.2) is 0 Å². The van der Waals surface area contributed by atoms with E-state index in [9.17, 15) is 4.79 Å².